The van der Waals surface area contributed by atoms with Gasteiger partial charge in [0.2, 0.25) is 0 Å². The van der Waals surface area contributed by atoms with Crippen molar-refractivity contribution in [1.82, 2.24) is 5.32 Å². The normalized spacial score (nSPS) is 15.1. The van der Waals surface area contributed by atoms with Gasteiger partial charge in [-0.3, -0.25) is 9.00 Å². The highest BCUT2D eigenvalue weighted by Crippen LogP contribution is 2.41. The molecule has 1 amide bonds. The highest BCUT2D eigenvalue weighted by molar-refractivity contribution is 7.85. The van der Waals surface area contributed by atoms with E-state index in [4.69, 9.17) is 34.8 Å². The van der Waals surface area contributed by atoms with Crippen molar-refractivity contribution in [3.63, 3.8) is 0 Å². The standard InChI is InChI=1S/C23H20Cl3F6NO2S/c1-12-7-14(3-5-16(12)21(34)33-13(2)10-36(35)11-22(27,28)29)4-6-17(23(30,31)32)15-8-18(24)20(26)19(25)9-15/h3-9,13,17H,10-11H2,1-2H3,(H,33,34)/b6-4+/t13-,17?,36?/m1/s1. The molecular formula is C23H20Cl3F6NO2S. The summed E-state index contributed by atoms with van der Waals surface area (Å²) in [7, 11) is -2.20. The van der Waals surface area contributed by atoms with Gasteiger partial charge >= 0.3 is 12.4 Å². The van der Waals surface area contributed by atoms with E-state index in [-0.39, 0.29) is 31.9 Å². The maximum Gasteiger partial charge on any atom is 0.400 e. The molecule has 0 saturated heterocycles. The molecule has 198 valence electrons. The number of carbonyl (C=O) groups is 1. The zero-order chi connectivity index (χ0) is 27.4. The van der Waals surface area contributed by atoms with Crippen LogP contribution in [0.2, 0.25) is 15.1 Å². The second-order valence-electron chi connectivity index (χ2n) is 7.99. The van der Waals surface area contributed by atoms with Crippen molar-refractivity contribution in [2.24, 2.45) is 0 Å². The minimum atomic E-state index is -4.66. The van der Waals surface area contributed by atoms with E-state index in [1.165, 1.54) is 31.2 Å². The smallest absolute Gasteiger partial charge is 0.349 e. The van der Waals surface area contributed by atoms with Gasteiger partial charge in [0.25, 0.3) is 5.91 Å². The van der Waals surface area contributed by atoms with Crippen LogP contribution in [0.1, 0.15) is 39.9 Å². The first-order valence-corrected chi connectivity index (χ1v) is 12.8. The molecule has 3 atom stereocenters. The van der Waals surface area contributed by atoms with Crippen molar-refractivity contribution >= 4 is 57.6 Å². The molecule has 1 N–H and O–H groups in total. The second kappa shape index (κ2) is 12.2. The third-order valence-corrected chi connectivity index (χ3v) is 7.55. The number of halogens is 9. The Bertz CT molecular complexity index is 1140. The van der Waals surface area contributed by atoms with Gasteiger partial charge in [0, 0.05) is 28.2 Å². The molecule has 2 aromatic carbocycles. The third-order valence-electron chi connectivity index (χ3n) is 4.83. The van der Waals surface area contributed by atoms with Gasteiger partial charge in [-0.15, -0.1) is 0 Å². The van der Waals surface area contributed by atoms with Crippen LogP contribution in [0.15, 0.2) is 36.4 Å². The number of hydrogen-bond donors (Lipinski definition) is 1. The highest BCUT2D eigenvalue weighted by Gasteiger charge is 2.39. The maximum atomic E-state index is 13.7. The topological polar surface area (TPSA) is 46.2 Å². The van der Waals surface area contributed by atoms with Gasteiger partial charge in [-0.25, -0.2) is 0 Å². The number of carbonyl (C=O) groups excluding carboxylic acids is 1. The van der Waals surface area contributed by atoms with Crippen molar-refractivity contribution in [3.8, 4) is 0 Å². The molecule has 0 fully saturated rings. The average molecular weight is 595 g/mol. The molecule has 0 aliphatic heterocycles. The fourth-order valence-electron chi connectivity index (χ4n) is 3.28. The fourth-order valence-corrected chi connectivity index (χ4v) is 5.02. The van der Waals surface area contributed by atoms with E-state index in [1.54, 1.807) is 6.92 Å². The van der Waals surface area contributed by atoms with Gasteiger partial charge in [0.05, 0.1) is 21.0 Å². The van der Waals surface area contributed by atoms with Crippen molar-refractivity contribution < 1.29 is 35.3 Å². The number of hydrogen-bond acceptors (Lipinski definition) is 2. The summed E-state index contributed by atoms with van der Waals surface area (Å²) < 4.78 is 89.7. The summed E-state index contributed by atoms with van der Waals surface area (Å²) >= 11 is 17.6. The largest absolute Gasteiger partial charge is 0.400 e. The van der Waals surface area contributed by atoms with Crippen molar-refractivity contribution in [3.05, 3.63) is 73.7 Å². The van der Waals surface area contributed by atoms with E-state index < -0.39 is 46.8 Å². The number of allylic oxidation sites excluding steroid dienone is 1. The van der Waals surface area contributed by atoms with Gasteiger partial charge < -0.3 is 5.32 Å². The molecular weight excluding hydrogens is 575 g/mol. The second-order valence-corrected chi connectivity index (χ2v) is 10.7. The van der Waals surface area contributed by atoms with Crippen LogP contribution in [0.25, 0.3) is 6.08 Å². The van der Waals surface area contributed by atoms with Crippen LogP contribution in [0.5, 0.6) is 0 Å². The summed E-state index contributed by atoms with van der Waals surface area (Å²) in [6.45, 7) is 2.98. The molecule has 0 aliphatic carbocycles. The molecule has 2 aromatic rings. The summed E-state index contributed by atoms with van der Waals surface area (Å²) in [5.41, 5.74) is 0.746. The van der Waals surface area contributed by atoms with Crippen LogP contribution >= 0.6 is 34.8 Å². The third kappa shape index (κ3) is 8.97. The number of amides is 1. The van der Waals surface area contributed by atoms with Crippen LogP contribution in [-0.2, 0) is 10.8 Å². The quantitative estimate of drug-likeness (QED) is 0.251. The Morgan fingerprint density at radius 1 is 1.06 bits per heavy atom. The first kappa shape index (κ1) is 30.5. The number of rotatable bonds is 8. The lowest BCUT2D eigenvalue weighted by molar-refractivity contribution is -0.139. The van der Waals surface area contributed by atoms with E-state index in [0.717, 1.165) is 18.2 Å². The molecule has 0 heterocycles. The molecule has 0 aliphatic rings. The van der Waals surface area contributed by atoms with Crippen molar-refractivity contribution in [2.75, 3.05) is 11.5 Å². The van der Waals surface area contributed by atoms with E-state index in [2.05, 4.69) is 5.32 Å². The Balaban J connectivity index is 2.18. The fraction of sp³-hybridized carbons (Fsp3) is 0.348. The maximum absolute atomic E-state index is 13.7. The Morgan fingerprint density at radius 2 is 1.64 bits per heavy atom. The molecule has 0 bridgehead atoms. The zero-order valence-corrected chi connectivity index (χ0v) is 21.8. The molecule has 13 heteroatoms. The summed E-state index contributed by atoms with van der Waals surface area (Å²) in [6, 6.07) is 5.64. The lowest BCUT2D eigenvalue weighted by Gasteiger charge is -2.18. The number of aryl methyl sites for hydroxylation is 1. The van der Waals surface area contributed by atoms with Crippen molar-refractivity contribution in [2.45, 2.75) is 38.2 Å². The molecule has 3 nitrogen and oxygen atoms in total. The first-order chi connectivity index (χ1) is 16.5. The average Bonchev–Trinajstić information content (AvgIpc) is 2.69. The van der Waals surface area contributed by atoms with E-state index in [1.807, 2.05) is 0 Å². The van der Waals surface area contributed by atoms with Gasteiger partial charge in [-0.2, -0.15) is 26.3 Å². The van der Waals surface area contributed by atoms with Crippen LogP contribution in [0.3, 0.4) is 0 Å². The Hall–Kier alpha value is -1.75. The van der Waals surface area contributed by atoms with E-state index in [9.17, 15) is 35.3 Å². The van der Waals surface area contributed by atoms with Crippen LogP contribution in [0.4, 0.5) is 26.3 Å². The van der Waals surface area contributed by atoms with Gasteiger partial charge in [0.1, 0.15) is 5.75 Å². The molecule has 0 aromatic heterocycles. The molecule has 0 spiro atoms. The van der Waals surface area contributed by atoms with E-state index in [0.29, 0.717) is 11.1 Å². The molecule has 2 rings (SSSR count). The zero-order valence-electron chi connectivity index (χ0n) is 18.7. The monoisotopic (exact) mass is 593 g/mol. The number of alkyl halides is 6. The van der Waals surface area contributed by atoms with Crippen molar-refractivity contribution in [1.29, 1.82) is 0 Å². The van der Waals surface area contributed by atoms with Gasteiger partial charge in [-0.05, 0) is 48.7 Å². The number of nitrogens with one attached hydrogen (secondary N) is 1. The van der Waals surface area contributed by atoms with Crippen LogP contribution < -0.4 is 5.32 Å². The Morgan fingerprint density at radius 3 is 2.14 bits per heavy atom. The lowest BCUT2D eigenvalue weighted by atomic mass is 9.96. The number of benzene rings is 2. The summed E-state index contributed by atoms with van der Waals surface area (Å²) in [6.07, 6.45) is -7.09. The predicted octanol–water partition coefficient (Wildman–Crippen LogP) is 7.74. The minimum absolute atomic E-state index is 0.0580. The molecule has 0 radical (unpaired) electrons. The Kier molecular flexibility index (Phi) is 10.3. The SMILES string of the molecule is Cc1cc(/C=C/C(c2cc(Cl)c(Cl)c(Cl)c2)C(F)(F)F)ccc1C(=O)N[C@H](C)CS(=O)CC(F)(F)F. The molecule has 0 saturated carbocycles. The summed E-state index contributed by atoms with van der Waals surface area (Å²) in [5.74, 6) is -4.51. The van der Waals surface area contributed by atoms with Gasteiger partial charge in [-0.1, -0.05) is 59.1 Å². The Labute approximate surface area is 221 Å². The molecule has 2 unspecified atom stereocenters. The lowest BCUT2D eigenvalue weighted by Crippen LogP contribution is -2.38. The van der Waals surface area contributed by atoms with Crippen LogP contribution in [-0.4, -0.2) is 40.0 Å². The summed E-state index contributed by atoms with van der Waals surface area (Å²) in [5, 5.41) is 2.18. The first-order valence-electron chi connectivity index (χ1n) is 10.2. The van der Waals surface area contributed by atoms with E-state index >= 15 is 0 Å². The minimum Gasteiger partial charge on any atom is -0.349 e. The van der Waals surface area contributed by atoms with Gasteiger partial charge in [0.15, 0.2) is 0 Å². The predicted molar refractivity (Wildman–Crippen MR) is 131 cm³/mol. The summed E-state index contributed by atoms with van der Waals surface area (Å²) in [4.78, 5) is 12.5. The highest BCUT2D eigenvalue weighted by atomic mass is 35.5. The van der Waals surface area contributed by atoms with Crippen LogP contribution in [0, 0.1) is 6.92 Å². The molecule has 36 heavy (non-hydrogen) atoms.